The maximum Gasteiger partial charge on any atom is 0.273 e. The maximum absolute atomic E-state index is 12.7. The van der Waals surface area contributed by atoms with Crippen LogP contribution in [0.4, 0.5) is 0 Å². The lowest BCUT2D eigenvalue weighted by atomic mass is 10.2. The number of ether oxygens (including phenoxy) is 1. The Bertz CT molecular complexity index is 874. The van der Waals surface area contributed by atoms with Crippen LogP contribution in [-0.4, -0.2) is 28.9 Å². The number of nitrogens with zero attached hydrogens (tertiary/aromatic N) is 2. The summed E-state index contributed by atoms with van der Waals surface area (Å²) in [6.07, 6.45) is 0.116. The lowest BCUT2D eigenvalue weighted by Crippen LogP contribution is -2.26. The van der Waals surface area contributed by atoms with E-state index in [-0.39, 0.29) is 12.0 Å². The number of rotatable bonds is 6. The zero-order valence-corrected chi connectivity index (χ0v) is 16.0. The summed E-state index contributed by atoms with van der Waals surface area (Å²) in [7, 11) is 1.80. The summed E-state index contributed by atoms with van der Waals surface area (Å²) in [5, 5.41) is 2.63. The van der Waals surface area contributed by atoms with E-state index in [1.165, 1.54) is 11.3 Å². The van der Waals surface area contributed by atoms with Crippen molar-refractivity contribution in [1.82, 2.24) is 9.88 Å². The molecule has 0 radical (unpaired) electrons. The molecule has 3 rings (SSSR count). The molecule has 3 aromatic rings. The molecule has 0 bridgehead atoms. The van der Waals surface area contributed by atoms with Crippen LogP contribution in [0.25, 0.3) is 10.6 Å². The highest BCUT2D eigenvalue weighted by molar-refractivity contribution is 7.13. The molecule has 1 aromatic heterocycles. The molecule has 0 saturated heterocycles. The van der Waals surface area contributed by atoms with Gasteiger partial charge in [0.15, 0.2) is 0 Å². The second kappa shape index (κ2) is 8.15. The highest BCUT2D eigenvalue weighted by Gasteiger charge is 2.16. The Morgan fingerprint density at radius 2 is 1.92 bits per heavy atom. The van der Waals surface area contributed by atoms with Crippen molar-refractivity contribution in [3.63, 3.8) is 0 Å². The molecule has 0 aliphatic carbocycles. The Hall–Kier alpha value is -2.66. The molecule has 1 heterocycles. The van der Waals surface area contributed by atoms with E-state index in [9.17, 15) is 4.79 Å². The fraction of sp³-hybridized carbons (Fsp3) is 0.238. The summed E-state index contributed by atoms with van der Waals surface area (Å²) >= 11 is 1.47. The Labute approximate surface area is 158 Å². The predicted molar refractivity (Wildman–Crippen MR) is 106 cm³/mol. The summed E-state index contributed by atoms with van der Waals surface area (Å²) in [5.74, 6) is 0.729. The Morgan fingerprint density at radius 3 is 2.65 bits per heavy atom. The van der Waals surface area contributed by atoms with Gasteiger partial charge in [0, 0.05) is 24.5 Å². The maximum atomic E-state index is 12.7. The van der Waals surface area contributed by atoms with Crippen molar-refractivity contribution >= 4 is 17.2 Å². The van der Waals surface area contributed by atoms with Gasteiger partial charge in [-0.05, 0) is 31.5 Å². The van der Waals surface area contributed by atoms with Crippen LogP contribution < -0.4 is 4.74 Å². The molecule has 1 amide bonds. The molecule has 0 atom stereocenters. The number of hydrogen-bond donors (Lipinski definition) is 0. The average Bonchev–Trinajstić information content (AvgIpc) is 3.11. The van der Waals surface area contributed by atoms with Gasteiger partial charge in [-0.3, -0.25) is 4.79 Å². The smallest absolute Gasteiger partial charge is 0.273 e. The first kappa shape index (κ1) is 18.1. The molecule has 0 aliphatic rings. The first-order valence-corrected chi connectivity index (χ1v) is 9.43. The third-order valence-electron chi connectivity index (χ3n) is 3.79. The SMILES string of the molecule is CC(C)Oc1cccc(-c2nc(C(=O)N(C)Cc3ccccc3)cs2)c1. The van der Waals surface area contributed by atoms with Crippen LogP contribution in [0.5, 0.6) is 5.75 Å². The summed E-state index contributed by atoms with van der Waals surface area (Å²) in [6.45, 7) is 4.55. The summed E-state index contributed by atoms with van der Waals surface area (Å²) < 4.78 is 5.74. The van der Waals surface area contributed by atoms with Crippen LogP contribution in [-0.2, 0) is 6.54 Å². The van der Waals surface area contributed by atoms with E-state index in [0.29, 0.717) is 12.2 Å². The number of aromatic nitrogens is 1. The van der Waals surface area contributed by atoms with Crippen molar-refractivity contribution in [2.75, 3.05) is 7.05 Å². The minimum Gasteiger partial charge on any atom is -0.491 e. The van der Waals surface area contributed by atoms with E-state index in [1.54, 1.807) is 11.9 Å². The van der Waals surface area contributed by atoms with Crippen LogP contribution >= 0.6 is 11.3 Å². The van der Waals surface area contributed by atoms with Crippen molar-refractivity contribution < 1.29 is 9.53 Å². The molecule has 5 heteroatoms. The zero-order chi connectivity index (χ0) is 18.5. The number of hydrogen-bond acceptors (Lipinski definition) is 4. The number of benzene rings is 2. The van der Waals surface area contributed by atoms with Gasteiger partial charge in [0.05, 0.1) is 6.10 Å². The first-order chi connectivity index (χ1) is 12.5. The van der Waals surface area contributed by atoms with E-state index in [4.69, 9.17) is 4.74 Å². The largest absolute Gasteiger partial charge is 0.491 e. The normalized spacial score (nSPS) is 10.8. The van der Waals surface area contributed by atoms with Gasteiger partial charge < -0.3 is 9.64 Å². The van der Waals surface area contributed by atoms with Crippen LogP contribution in [0.15, 0.2) is 60.0 Å². The van der Waals surface area contributed by atoms with E-state index < -0.39 is 0 Å². The molecule has 4 nitrogen and oxygen atoms in total. The lowest BCUT2D eigenvalue weighted by Gasteiger charge is -2.15. The molecule has 134 valence electrons. The number of amides is 1. The van der Waals surface area contributed by atoms with Crippen LogP contribution in [0.2, 0.25) is 0 Å². The van der Waals surface area contributed by atoms with Crippen LogP contribution in [0.1, 0.15) is 29.9 Å². The van der Waals surface area contributed by atoms with Crippen molar-refractivity contribution in [2.45, 2.75) is 26.5 Å². The third-order valence-corrected chi connectivity index (χ3v) is 4.68. The van der Waals surface area contributed by atoms with E-state index in [2.05, 4.69) is 4.98 Å². The summed E-state index contributed by atoms with van der Waals surface area (Å²) in [6, 6.07) is 17.7. The van der Waals surface area contributed by atoms with Gasteiger partial charge in [-0.2, -0.15) is 0 Å². The van der Waals surface area contributed by atoms with Gasteiger partial charge in [0.25, 0.3) is 5.91 Å². The average molecular weight is 366 g/mol. The van der Waals surface area contributed by atoms with Gasteiger partial charge >= 0.3 is 0 Å². The molecule has 0 unspecified atom stereocenters. The van der Waals surface area contributed by atoms with E-state index in [1.807, 2.05) is 73.8 Å². The first-order valence-electron chi connectivity index (χ1n) is 8.55. The quantitative estimate of drug-likeness (QED) is 0.625. The molecule has 0 fully saturated rings. The monoisotopic (exact) mass is 366 g/mol. The molecule has 26 heavy (non-hydrogen) atoms. The fourth-order valence-corrected chi connectivity index (χ4v) is 3.39. The van der Waals surface area contributed by atoms with Gasteiger partial charge in [-0.15, -0.1) is 11.3 Å². The second-order valence-electron chi connectivity index (χ2n) is 6.38. The Kier molecular flexibility index (Phi) is 5.68. The lowest BCUT2D eigenvalue weighted by molar-refractivity contribution is 0.0780. The van der Waals surface area contributed by atoms with Gasteiger partial charge in [0.2, 0.25) is 0 Å². The molecule has 0 saturated carbocycles. The highest BCUT2D eigenvalue weighted by atomic mass is 32.1. The number of thiazole rings is 1. The Balaban J connectivity index is 1.74. The summed E-state index contributed by atoms with van der Waals surface area (Å²) in [4.78, 5) is 18.9. The molecule has 0 aliphatic heterocycles. The van der Waals surface area contributed by atoms with Crippen molar-refractivity contribution in [2.24, 2.45) is 0 Å². The minimum absolute atomic E-state index is 0.0778. The molecule has 0 spiro atoms. The summed E-state index contributed by atoms with van der Waals surface area (Å²) in [5.41, 5.74) is 2.52. The standard InChI is InChI=1S/C21H22N2O2S/c1-15(2)25-18-11-7-10-17(12-18)20-22-19(14-26-20)21(24)23(3)13-16-8-5-4-6-9-16/h4-12,14-15H,13H2,1-3H3. The molecular formula is C21H22N2O2S. The molecule has 0 N–H and O–H groups in total. The molecule has 2 aromatic carbocycles. The fourth-order valence-electron chi connectivity index (χ4n) is 2.60. The molecular weight excluding hydrogens is 344 g/mol. The number of carbonyl (C=O) groups is 1. The Morgan fingerprint density at radius 1 is 1.15 bits per heavy atom. The minimum atomic E-state index is -0.0778. The van der Waals surface area contributed by atoms with Crippen molar-refractivity contribution in [3.8, 4) is 16.3 Å². The zero-order valence-electron chi connectivity index (χ0n) is 15.2. The van der Waals surface area contributed by atoms with Crippen LogP contribution in [0, 0.1) is 0 Å². The number of carbonyl (C=O) groups excluding carboxylic acids is 1. The van der Waals surface area contributed by atoms with Crippen molar-refractivity contribution in [1.29, 1.82) is 0 Å². The van der Waals surface area contributed by atoms with Gasteiger partial charge in [-0.25, -0.2) is 4.98 Å². The predicted octanol–water partition coefficient (Wildman–Crippen LogP) is 4.87. The van der Waals surface area contributed by atoms with Crippen LogP contribution in [0.3, 0.4) is 0 Å². The highest BCUT2D eigenvalue weighted by Crippen LogP contribution is 2.27. The van der Waals surface area contributed by atoms with Gasteiger partial charge in [-0.1, -0.05) is 42.5 Å². The second-order valence-corrected chi connectivity index (χ2v) is 7.24. The van der Waals surface area contributed by atoms with Gasteiger partial charge in [0.1, 0.15) is 16.5 Å². The van der Waals surface area contributed by atoms with E-state index in [0.717, 1.165) is 21.9 Å². The third kappa shape index (κ3) is 4.49. The van der Waals surface area contributed by atoms with E-state index >= 15 is 0 Å². The topological polar surface area (TPSA) is 42.4 Å². The van der Waals surface area contributed by atoms with Crippen molar-refractivity contribution in [3.05, 3.63) is 71.2 Å².